The Bertz CT molecular complexity index is 1190. The first kappa shape index (κ1) is 19.3. The fourth-order valence-corrected chi connectivity index (χ4v) is 3.32. The maximum absolute atomic E-state index is 13.5. The molecular weight excluding hydrogens is 389 g/mol. The van der Waals surface area contributed by atoms with Crippen LogP contribution in [0, 0.1) is 5.82 Å². The summed E-state index contributed by atoms with van der Waals surface area (Å²) < 4.78 is 23.9. The summed E-state index contributed by atoms with van der Waals surface area (Å²) in [7, 11) is 0. The summed E-state index contributed by atoms with van der Waals surface area (Å²) in [5.41, 5.74) is 6.62. The number of anilines is 1. The second-order valence-corrected chi connectivity index (χ2v) is 6.57. The lowest BCUT2D eigenvalue weighted by atomic mass is 9.82. The fraction of sp³-hybridized carbons (Fsp3) is 0.0870. The summed E-state index contributed by atoms with van der Waals surface area (Å²) in [6.45, 7) is -0.221. The lowest BCUT2D eigenvalue weighted by molar-refractivity contribution is 0.0449. The summed E-state index contributed by atoms with van der Waals surface area (Å²) in [6, 6.07) is 15.1. The monoisotopic (exact) mass is 405 g/mol. The highest BCUT2D eigenvalue weighted by Gasteiger charge is 2.33. The molecule has 0 saturated heterocycles. The van der Waals surface area contributed by atoms with Gasteiger partial charge in [0, 0.05) is 16.7 Å². The van der Waals surface area contributed by atoms with E-state index in [0.29, 0.717) is 5.56 Å². The Kier molecular flexibility index (Phi) is 5.02. The smallest absolute Gasteiger partial charge is 0.340 e. The Morgan fingerprint density at radius 2 is 1.50 bits per heavy atom. The van der Waals surface area contributed by atoms with Crippen LogP contribution in [0.5, 0.6) is 5.75 Å². The van der Waals surface area contributed by atoms with E-state index in [1.165, 1.54) is 30.3 Å². The molecular formula is C23H16FNO5. The molecule has 0 heterocycles. The lowest BCUT2D eigenvalue weighted by Gasteiger charge is -2.20. The van der Waals surface area contributed by atoms with E-state index in [4.69, 9.17) is 15.2 Å². The minimum Gasteiger partial charge on any atom is -0.487 e. The fourth-order valence-electron chi connectivity index (χ4n) is 3.32. The largest absolute Gasteiger partial charge is 0.487 e. The van der Waals surface area contributed by atoms with E-state index in [1.807, 2.05) is 0 Å². The Morgan fingerprint density at radius 3 is 2.23 bits per heavy atom. The van der Waals surface area contributed by atoms with Gasteiger partial charge in [-0.15, -0.1) is 0 Å². The number of hydrogen-bond acceptors (Lipinski definition) is 6. The summed E-state index contributed by atoms with van der Waals surface area (Å²) in [5.74, 6) is -2.00. The minimum absolute atomic E-state index is 0.00393. The Balaban J connectivity index is 1.50. The molecule has 0 saturated carbocycles. The summed E-state index contributed by atoms with van der Waals surface area (Å²) in [4.78, 5) is 38.0. The second-order valence-electron chi connectivity index (χ2n) is 6.57. The molecule has 0 radical (unpaired) electrons. The van der Waals surface area contributed by atoms with Gasteiger partial charge in [0.15, 0.2) is 23.1 Å². The SMILES string of the molecule is Nc1c(C(=O)OCCOc2ccccc2F)ccc2c1C(=O)c1ccccc1C2=O. The van der Waals surface area contributed by atoms with Crippen LogP contribution in [0.25, 0.3) is 0 Å². The first-order valence-corrected chi connectivity index (χ1v) is 9.14. The van der Waals surface area contributed by atoms with Gasteiger partial charge in [-0.2, -0.15) is 0 Å². The zero-order valence-corrected chi connectivity index (χ0v) is 15.7. The van der Waals surface area contributed by atoms with Crippen LogP contribution in [-0.2, 0) is 4.74 Å². The summed E-state index contributed by atoms with van der Waals surface area (Å²) in [6.07, 6.45) is 0. The summed E-state index contributed by atoms with van der Waals surface area (Å²) in [5, 5.41) is 0. The molecule has 6 nitrogen and oxygen atoms in total. The Morgan fingerprint density at radius 1 is 0.833 bits per heavy atom. The van der Waals surface area contributed by atoms with E-state index in [9.17, 15) is 18.8 Å². The van der Waals surface area contributed by atoms with E-state index in [-0.39, 0.29) is 52.7 Å². The van der Waals surface area contributed by atoms with Crippen molar-refractivity contribution < 1.29 is 28.2 Å². The third-order valence-electron chi connectivity index (χ3n) is 4.76. The van der Waals surface area contributed by atoms with E-state index < -0.39 is 17.6 Å². The predicted octanol–water partition coefficient (Wildman–Crippen LogP) is 3.42. The molecule has 2 N–H and O–H groups in total. The van der Waals surface area contributed by atoms with E-state index >= 15 is 0 Å². The minimum atomic E-state index is -0.772. The first-order valence-electron chi connectivity index (χ1n) is 9.14. The molecule has 0 amide bonds. The van der Waals surface area contributed by atoms with Crippen LogP contribution in [0.1, 0.15) is 42.2 Å². The number of carbonyl (C=O) groups excluding carboxylic acids is 3. The highest BCUT2D eigenvalue weighted by atomic mass is 19.1. The Hall–Kier alpha value is -4.00. The number of benzene rings is 3. The molecule has 30 heavy (non-hydrogen) atoms. The molecule has 0 bridgehead atoms. The summed E-state index contributed by atoms with van der Waals surface area (Å²) >= 11 is 0. The van der Waals surface area contributed by atoms with Crippen molar-refractivity contribution in [1.29, 1.82) is 0 Å². The van der Waals surface area contributed by atoms with Gasteiger partial charge in [-0.3, -0.25) is 9.59 Å². The normalized spacial score (nSPS) is 12.2. The van der Waals surface area contributed by atoms with Crippen LogP contribution in [0.3, 0.4) is 0 Å². The molecule has 0 aromatic heterocycles. The second kappa shape index (κ2) is 7.79. The zero-order chi connectivity index (χ0) is 21.3. The van der Waals surface area contributed by atoms with E-state index in [2.05, 4.69) is 0 Å². The molecule has 3 aromatic carbocycles. The molecule has 0 spiro atoms. The number of rotatable bonds is 5. The highest BCUT2D eigenvalue weighted by molar-refractivity contribution is 6.30. The topological polar surface area (TPSA) is 95.7 Å². The van der Waals surface area contributed by atoms with Gasteiger partial charge >= 0.3 is 5.97 Å². The molecule has 4 rings (SSSR count). The van der Waals surface area contributed by atoms with Gasteiger partial charge < -0.3 is 15.2 Å². The number of nitrogen functional groups attached to an aromatic ring is 1. The van der Waals surface area contributed by atoms with Crippen molar-refractivity contribution in [2.24, 2.45) is 0 Å². The number of esters is 1. The maximum atomic E-state index is 13.5. The molecule has 0 aliphatic heterocycles. The molecule has 150 valence electrons. The van der Waals surface area contributed by atoms with Crippen molar-refractivity contribution in [3.63, 3.8) is 0 Å². The van der Waals surface area contributed by atoms with Crippen LogP contribution in [0.15, 0.2) is 60.7 Å². The number of ether oxygens (including phenoxy) is 2. The van der Waals surface area contributed by atoms with Crippen LogP contribution in [0.4, 0.5) is 10.1 Å². The van der Waals surface area contributed by atoms with Crippen molar-refractivity contribution in [3.05, 3.63) is 94.3 Å². The molecule has 3 aromatic rings. The quantitative estimate of drug-likeness (QED) is 0.311. The molecule has 1 aliphatic rings. The molecule has 7 heteroatoms. The van der Waals surface area contributed by atoms with Crippen LogP contribution in [-0.4, -0.2) is 30.7 Å². The molecule has 1 aliphatic carbocycles. The van der Waals surface area contributed by atoms with Gasteiger partial charge in [0.2, 0.25) is 0 Å². The third-order valence-corrected chi connectivity index (χ3v) is 4.76. The number of ketones is 2. The number of carbonyl (C=O) groups is 3. The van der Waals surface area contributed by atoms with Crippen LogP contribution < -0.4 is 10.5 Å². The number of hydrogen-bond donors (Lipinski definition) is 1. The molecule has 0 fully saturated rings. The van der Waals surface area contributed by atoms with Gasteiger partial charge in [0.25, 0.3) is 0 Å². The predicted molar refractivity (Wildman–Crippen MR) is 106 cm³/mol. The van der Waals surface area contributed by atoms with Crippen LogP contribution >= 0.6 is 0 Å². The van der Waals surface area contributed by atoms with Crippen molar-refractivity contribution in [2.75, 3.05) is 18.9 Å². The van der Waals surface area contributed by atoms with Crippen LogP contribution in [0.2, 0.25) is 0 Å². The lowest BCUT2D eigenvalue weighted by Crippen LogP contribution is -2.24. The average Bonchev–Trinajstić information content (AvgIpc) is 2.76. The van der Waals surface area contributed by atoms with E-state index in [0.717, 1.165) is 0 Å². The van der Waals surface area contributed by atoms with Crippen molar-refractivity contribution >= 4 is 23.2 Å². The average molecular weight is 405 g/mol. The number of fused-ring (bicyclic) bond motifs is 2. The maximum Gasteiger partial charge on any atom is 0.340 e. The molecule has 0 atom stereocenters. The van der Waals surface area contributed by atoms with Gasteiger partial charge in [-0.1, -0.05) is 36.4 Å². The Labute approximate surface area is 171 Å². The van der Waals surface area contributed by atoms with Crippen molar-refractivity contribution in [3.8, 4) is 5.75 Å². The van der Waals surface area contributed by atoms with E-state index in [1.54, 1.807) is 30.3 Å². The number of para-hydroxylation sites is 1. The van der Waals surface area contributed by atoms with Gasteiger partial charge in [-0.05, 0) is 24.3 Å². The first-order chi connectivity index (χ1) is 14.5. The van der Waals surface area contributed by atoms with Gasteiger partial charge in [-0.25, -0.2) is 9.18 Å². The number of nitrogens with two attached hydrogens (primary N) is 1. The highest BCUT2D eigenvalue weighted by Crippen LogP contribution is 2.32. The van der Waals surface area contributed by atoms with Gasteiger partial charge in [0.1, 0.15) is 13.2 Å². The van der Waals surface area contributed by atoms with Crippen molar-refractivity contribution in [1.82, 2.24) is 0 Å². The van der Waals surface area contributed by atoms with Gasteiger partial charge in [0.05, 0.1) is 16.8 Å². The number of halogens is 1. The van der Waals surface area contributed by atoms with Crippen molar-refractivity contribution in [2.45, 2.75) is 0 Å². The standard InChI is InChI=1S/C23H16FNO5/c24-17-7-3-4-8-18(17)29-11-12-30-23(28)16-10-9-15-19(20(16)25)22(27)14-6-2-1-5-13(14)21(15)26/h1-10H,11-12,25H2. The zero-order valence-electron chi connectivity index (χ0n) is 15.7. The molecule has 0 unspecified atom stereocenters. The third kappa shape index (κ3) is 3.30.